The minimum Gasteiger partial charge on any atom is -0.495 e. The van der Waals surface area contributed by atoms with Crippen molar-refractivity contribution in [1.82, 2.24) is 0 Å². The molecule has 28 heavy (non-hydrogen) atoms. The summed E-state index contributed by atoms with van der Waals surface area (Å²) < 4.78 is 10.5. The molecule has 0 unspecified atom stereocenters. The molecule has 0 aliphatic rings. The number of hydrogen-bond acceptors (Lipinski definition) is 4. The van der Waals surface area contributed by atoms with Gasteiger partial charge in [-0.3, -0.25) is 9.59 Å². The van der Waals surface area contributed by atoms with Gasteiger partial charge in [0.1, 0.15) is 11.5 Å². The molecule has 2 N–H and O–H groups in total. The number of unbranched alkanes of at least 4 members (excludes halogenated alkanes) is 1. The topological polar surface area (TPSA) is 76.7 Å². The third kappa shape index (κ3) is 6.30. The van der Waals surface area contributed by atoms with Crippen molar-refractivity contribution in [3.8, 4) is 11.5 Å². The molecule has 0 saturated heterocycles. The summed E-state index contributed by atoms with van der Waals surface area (Å²) in [6, 6.07) is 11.3. The number of anilines is 2. The summed E-state index contributed by atoms with van der Waals surface area (Å²) in [6.07, 6.45) is 1.94. The maximum absolute atomic E-state index is 12.2. The lowest BCUT2D eigenvalue weighted by molar-refractivity contribution is -0.118. The van der Waals surface area contributed by atoms with Crippen molar-refractivity contribution in [2.24, 2.45) is 0 Å². The van der Waals surface area contributed by atoms with Gasteiger partial charge in [-0.2, -0.15) is 0 Å². The molecule has 0 spiro atoms. The fourth-order valence-electron chi connectivity index (χ4n) is 2.84. The van der Waals surface area contributed by atoms with E-state index in [1.165, 1.54) is 0 Å². The van der Waals surface area contributed by atoms with Crippen molar-refractivity contribution < 1.29 is 19.1 Å². The lowest BCUT2D eigenvalue weighted by Gasteiger charge is -2.12. The first-order chi connectivity index (χ1) is 13.4. The Labute approximate surface area is 166 Å². The van der Waals surface area contributed by atoms with Crippen LogP contribution in [0.1, 0.15) is 36.8 Å². The van der Waals surface area contributed by atoms with Gasteiger partial charge in [-0.25, -0.2) is 0 Å². The summed E-state index contributed by atoms with van der Waals surface area (Å²) in [4.78, 5) is 24.3. The number of carbonyl (C=O) groups excluding carboxylic acids is 2. The van der Waals surface area contributed by atoms with Crippen LogP contribution in [0.25, 0.3) is 0 Å². The highest BCUT2D eigenvalue weighted by molar-refractivity contribution is 5.93. The minimum atomic E-state index is -0.0929. The second-order valence-corrected chi connectivity index (χ2v) is 6.71. The van der Waals surface area contributed by atoms with Crippen LogP contribution < -0.4 is 20.1 Å². The van der Waals surface area contributed by atoms with Gasteiger partial charge in [0.05, 0.1) is 25.6 Å². The summed E-state index contributed by atoms with van der Waals surface area (Å²) in [5, 5.41) is 5.74. The van der Waals surface area contributed by atoms with Gasteiger partial charge in [-0.15, -0.1) is 0 Å². The molecule has 2 rings (SSSR count). The SMILES string of the molecule is COc1ccc(C)cc1NC(=O)CCCCC(=O)Nc1cc(C)ccc1OC. The summed E-state index contributed by atoms with van der Waals surface area (Å²) >= 11 is 0. The molecule has 0 aliphatic heterocycles. The largest absolute Gasteiger partial charge is 0.495 e. The average molecular weight is 384 g/mol. The number of hydrogen-bond donors (Lipinski definition) is 2. The van der Waals surface area contributed by atoms with Gasteiger partial charge in [-0.05, 0) is 62.1 Å². The van der Waals surface area contributed by atoms with Crippen LogP contribution in [0.4, 0.5) is 11.4 Å². The number of carbonyl (C=O) groups is 2. The molecule has 2 amide bonds. The molecule has 0 fully saturated rings. The zero-order valence-corrected chi connectivity index (χ0v) is 16.9. The van der Waals surface area contributed by atoms with E-state index in [2.05, 4.69) is 10.6 Å². The normalized spacial score (nSPS) is 10.3. The Bertz CT molecular complexity index is 764. The van der Waals surface area contributed by atoms with Gasteiger partial charge >= 0.3 is 0 Å². The molecular weight excluding hydrogens is 356 g/mol. The summed E-state index contributed by atoms with van der Waals surface area (Å²) in [6.45, 7) is 3.91. The summed E-state index contributed by atoms with van der Waals surface area (Å²) in [5.41, 5.74) is 3.41. The summed E-state index contributed by atoms with van der Waals surface area (Å²) in [7, 11) is 3.14. The molecule has 6 nitrogen and oxygen atoms in total. The molecule has 6 heteroatoms. The van der Waals surface area contributed by atoms with Crippen molar-refractivity contribution in [2.45, 2.75) is 39.5 Å². The fourth-order valence-corrected chi connectivity index (χ4v) is 2.84. The van der Waals surface area contributed by atoms with Gasteiger partial charge in [0, 0.05) is 12.8 Å². The molecule has 0 saturated carbocycles. The molecule has 150 valence electrons. The van der Waals surface area contributed by atoms with Crippen molar-refractivity contribution in [1.29, 1.82) is 0 Å². The van der Waals surface area contributed by atoms with Gasteiger partial charge in [0.15, 0.2) is 0 Å². The molecular formula is C22H28N2O4. The highest BCUT2D eigenvalue weighted by atomic mass is 16.5. The fraction of sp³-hybridized carbons (Fsp3) is 0.364. The predicted octanol–water partition coefficient (Wildman–Crippen LogP) is 4.46. The monoisotopic (exact) mass is 384 g/mol. The Balaban J connectivity index is 1.77. The maximum Gasteiger partial charge on any atom is 0.224 e. The standard InChI is InChI=1S/C22H28N2O4/c1-15-9-11-19(27-3)17(13-15)23-21(25)7-5-6-8-22(26)24-18-14-16(2)10-12-20(18)28-4/h9-14H,5-8H2,1-4H3,(H,23,25)(H,24,26). The van der Waals surface area contributed by atoms with E-state index in [-0.39, 0.29) is 11.8 Å². The van der Waals surface area contributed by atoms with Crippen LogP contribution in [0, 0.1) is 13.8 Å². The van der Waals surface area contributed by atoms with Gasteiger partial charge < -0.3 is 20.1 Å². The first-order valence-corrected chi connectivity index (χ1v) is 9.32. The second kappa shape index (κ2) is 10.3. The van der Waals surface area contributed by atoms with Gasteiger partial charge in [0.25, 0.3) is 0 Å². The Hall–Kier alpha value is -3.02. The Morgan fingerprint density at radius 3 is 1.50 bits per heavy atom. The number of benzene rings is 2. The molecule has 0 aliphatic carbocycles. The number of methoxy groups -OCH3 is 2. The first kappa shape index (κ1) is 21.3. The number of nitrogens with one attached hydrogen (secondary N) is 2. The number of rotatable bonds is 9. The average Bonchev–Trinajstić information content (AvgIpc) is 2.65. The third-order valence-corrected chi connectivity index (χ3v) is 4.32. The predicted molar refractivity (Wildman–Crippen MR) is 111 cm³/mol. The van der Waals surface area contributed by atoms with E-state index in [9.17, 15) is 9.59 Å². The van der Waals surface area contributed by atoms with Crippen LogP contribution in [-0.4, -0.2) is 26.0 Å². The van der Waals surface area contributed by atoms with E-state index in [4.69, 9.17) is 9.47 Å². The van der Waals surface area contributed by atoms with E-state index in [0.29, 0.717) is 48.6 Å². The molecule has 2 aromatic carbocycles. The second-order valence-electron chi connectivity index (χ2n) is 6.71. The van der Waals surface area contributed by atoms with Crippen LogP contribution >= 0.6 is 0 Å². The first-order valence-electron chi connectivity index (χ1n) is 9.32. The van der Waals surface area contributed by atoms with Crippen LogP contribution in [-0.2, 0) is 9.59 Å². The quantitative estimate of drug-likeness (QED) is 0.626. The molecule has 0 aromatic heterocycles. The van der Waals surface area contributed by atoms with E-state index in [0.717, 1.165) is 11.1 Å². The van der Waals surface area contributed by atoms with Crippen LogP contribution in [0.2, 0.25) is 0 Å². The van der Waals surface area contributed by atoms with Gasteiger partial charge in [0.2, 0.25) is 11.8 Å². The zero-order chi connectivity index (χ0) is 20.5. The Kier molecular flexibility index (Phi) is 7.87. The van der Waals surface area contributed by atoms with Crippen LogP contribution in [0.3, 0.4) is 0 Å². The third-order valence-electron chi connectivity index (χ3n) is 4.32. The Morgan fingerprint density at radius 1 is 0.750 bits per heavy atom. The van der Waals surface area contributed by atoms with Crippen LogP contribution in [0.15, 0.2) is 36.4 Å². The zero-order valence-electron chi connectivity index (χ0n) is 16.9. The van der Waals surface area contributed by atoms with Crippen molar-refractivity contribution in [2.75, 3.05) is 24.9 Å². The maximum atomic E-state index is 12.2. The summed E-state index contributed by atoms with van der Waals surface area (Å²) in [5.74, 6) is 1.07. The van der Waals surface area contributed by atoms with E-state index in [1.807, 2.05) is 50.2 Å². The van der Waals surface area contributed by atoms with Crippen molar-refractivity contribution in [3.63, 3.8) is 0 Å². The smallest absolute Gasteiger partial charge is 0.224 e. The van der Waals surface area contributed by atoms with Crippen LogP contribution in [0.5, 0.6) is 11.5 Å². The highest BCUT2D eigenvalue weighted by Crippen LogP contribution is 2.26. The molecule has 0 atom stereocenters. The lowest BCUT2D eigenvalue weighted by Crippen LogP contribution is -2.14. The number of aryl methyl sites for hydroxylation is 2. The molecule has 0 radical (unpaired) electrons. The van der Waals surface area contributed by atoms with E-state index < -0.39 is 0 Å². The lowest BCUT2D eigenvalue weighted by atomic mass is 10.1. The molecule has 2 aromatic rings. The minimum absolute atomic E-state index is 0.0929. The molecule has 0 bridgehead atoms. The Morgan fingerprint density at radius 2 is 1.14 bits per heavy atom. The van der Waals surface area contributed by atoms with E-state index in [1.54, 1.807) is 14.2 Å². The molecule has 0 heterocycles. The highest BCUT2D eigenvalue weighted by Gasteiger charge is 2.10. The van der Waals surface area contributed by atoms with Gasteiger partial charge in [-0.1, -0.05) is 12.1 Å². The van der Waals surface area contributed by atoms with Crippen molar-refractivity contribution >= 4 is 23.2 Å². The van der Waals surface area contributed by atoms with E-state index >= 15 is 0 Å². The number of amides is 2. The number of ether oxygens (including phenoxy) is 2. The van der Waals surface area contributed by atoms with Crippen molar-refractivity contribution in [3.05, 3.63) is 47.5 Å².